The summed E-state index contributed by atoms with van der Waals surface area (Å²) in [5.41, 5.74) is 2.11. The first-order chi connectivity index (χ1) is 10.7. The van der Waals surface area contributed by atoms with Gasteiger partial charge in [0.25, 0.3) is 0 Å². The lowest BCUT2D eigenvalue weighted by Gasteiger charge is -2.16. The lowest BCUT2D eigenvalue weighted by Crippen LogP contribution is -2.33. The van der Waals surface area contributed by atoms with Gasteiger partial charge in [0.15, 0.2) is 0 Å². The lowest BCUT2D eigenvalue weighted by atomic mass is 10.1. The van der Waals surface area contributed by atoms with E-state index in [0.29, 0.717) is 11.8 Å². The van der Waals surface area contributed by atoms with Gasteiger partial charge in [0, 0.05) is 10.5 Å². The smallest absolute Gasteiger partial charge is 0.138 e. The molecule has 1 fully saturated rings. The number of aromatic nitrogens is 1. The minimum atomic E-state index is 0. The Labute approximate surface area is 164 Å². The molecule has 0 unspecified atom stereocenters. The molecular formula is C17H21Cl3N2OS. The zero-order chi connectivity index (χ0) is 15.6. The van der Waals surface area contributed by atoms with Gasteiger partial charge in [-0.3, -0.25) is 0 Å². The maximum Gasteiger partial charge on any atom is 0.138 e. The molecule has 2 aromatic rings. The molecule has 1 heterocycles. The summed E-state index contributed by atoms with van der Waals surface area (Å²) < 4.78 is 5.90. The standard InChI is InChI=1S/C17H19ClN2OS.2ClH/c1-19-17(7-8-17)11-21-13-9-15(16(18)20-10-13)12-3-5-14(22-2)6-4-12;;/h3-6,9-10,19H,7-8,11H2,1-2H3;2*1H. The van der Waals surface area contributed by atoms with Crippen molar-refractivity contribution in [3.8, 4) is 16.9 Å². The second-order valence-corrected chi connectivity index (χ2v) is 6.79. The highest BCUT2D eigenvalue weighted by atomic mass is 35.5. The summed E-state index contributed by atoms with van der Waals surface area (Å²) in [7, 11) is 1.98. The molecule has 0 saturated heterocycles. The van der Waals surface area contributed by atoms with Crippen molar-refractivity contribution in [3.63, 3.8) is 0 Å². The van der Waals surface area contributed by atoms with Crippen molar-refractivity contribution < 1.29 is 4.74 Å². The first-order valence-electron chi connectivity index (χ1n) is 7.27. The highest BCUT2D eigenvalue weighted by Gasteiger charge is 2.41. The molecule has 132 valence electrons. The minimum Gasteiger partial charge on any atom is -0.490 e. The molecule has 3 nitrogen and oxygen atoms in total. The zero-order valence-electron chi connectivity index (χ0n) is 13.5. The van der Waals surface area contributed by atoms with Gasteiger partial charge >= 0.3 is 0 Å². The number of ether oxygens (including phenoxy) is 1. The second kappa shape index (κ2) is 9.16. The highest BCUT2D eigenvalue weighted by Crippen LogP contribution is 2.36. The van der Waals surface area contributed by atoms with Crippen LogP contribution in [0.3, 0.4) is 0 Å². The summed E-state index contributed by atoms with van der Waals surface area (Å²) in [4.78, 5) is 5.49. The Hall–Kier alpha value is -0.650. The van der Waals surface area contributed by atoms with E-state index in [1.54, 1.807) is 18.0 Å². The quantitative estimate of drug-likeness (QED) is 0.533. The number of nitrogens with zero attached hydrogens (tertiary/aromatic N) is 1. The molecule has 1 aromatic carbocycles. The highest BCUT2D eigenvalue weighted by molar-refractivity contribution is 7.98. The zero-order valence-corrected chi connectivity index (χ0v) is 16.7. The Balaban J connectivity index is 0.00000144. The Kier molecular flexibility index (Phi) is 8.16. The third kappa shape index (κ3) is 4.93. The number of hydrogen-bond acceptors (Lipinski definition) is 4. The average molecular weight is 408 g/mol. The normalized spacial score (nSPS) is 14.3. The topological polar surface area (TPSA) is 34.1 Å². The fourth-order valence-corrected chi connectivity index (χ4v) is 2.94. The molecule has 1 saturated carbocycles. The molecule has 3 rings (SSSR count). The van der Waals surface area contributed by atoms with Crippen molar-refractivity contribution in [1.29, 1.82) is 0 Å². The van der Waals surface area contributed by atoms with Gasteiger partial charge in [0.05, 0.1) is 11.7 Å². The Morgan fingerprint density at radius 1 is 1.25 bits per heavy atom. The largest absolute Gasteiger partial charge is 0.490 e. The number of benzene rings is 1. The van der Waals surface area contributed by atoms with E-state index in [1.807, 2.05) is 13.1 Å². The number of nitrogens with one attached hydrogen (secondary N) is 1. The van der Waals surface area contributed by atoms with E-state index in [4.69, 9.17) is 16.3 Å². The molecule has 1 N–H and O–H groups in total. The van der Waals surface area contributed by atoms with Crippen LogP contribution in [0, 0.1) is 0 Å². The van der Waals surface area contributed by atoms with E-state index in [1.165, 1.54) is 4.90 Å². The van der Waals surface area contributed by atoms with Gasteiger partial charge in [-0.25, -0.2) is 4.98 Å². The van der Waals surface area contributed by atoms with Gasteiger partial charge in [-0.1, -0.05) is 23.7 Å². The number of likely N-dealkylation sites (N-methyl/N-ethyl adjacent to an activating group) is 1. The van der Waals surface area contributed by atoms with E-state index in [0.717, 1.165) is 29.7 Å². The van der Waals surface area contributed by atoms with Crippen molar-refractivity contribution in [2.75, 3.05) is 19.9 Å². The molecule has 1 aliphatic carbocycles. The van der Waals surface area contributed by atoms with Crippen LogP contribution in [0.15, 0.2) is 41.4 Å². The second-order valence-electron chi connectivity index (χ2n) is 5.56. The summed E-state index contributed by atoms with van der Waals surface area (Å²) in [6, 6.07) is 10.3. The maximum absolute atomic E-state index is 6.25. The molecule has 24 heavy (non-hydrogen) atoms. The number of halogens is 3. The summed E-state index contributed by atoms with van der Waals surface area (Å²) in [6.07, 6.45) is 6.07. The molecule has 0 spiro atoms. The molecule has 0 radical (unpaired) electrons. The maximum atomic E-state index is 6.25. The molecular weight excluding hydrogens is 387 g/mol. The summed E-state index contributed by atoms with van der Waals surface area (Å²) in [6.45, 7) is 0.664. The van der Waals surface area contributed by atoms with Crippen molar-refractivity contribution in [2.24, 2.45) is 0 Å². The van der Waals surface area contributed by atoms with Gasteiger partial charge < -0.3 is 10.1 Å². The summed E-state index contributed by atoms with van der Waals surface area (Å²) in [5.74, 6) is 0.759. The van der Waals surface area contributed by atoms with E-state index >= 15 is 0 Å². The van der Waals surface area contributed by atoms with Crippen LogP contribution >= 0.6 is 48.2 Å². The first-order valence-corrected chi connectivity index (χ1v) is 8.88. The first kappa shape index (κ1) is 21.4. The number of rotatable bonds is 6. The van der Waals surface area contributed by atoms with E-state index in [9.17, 15) is 0 Å². The van der Waals surface area contributed by atoms with Crippen LogP contribution in [0.4, 0.5) is 0 Å². The van der Waals surface area contributed by atoms with Crippen LogP contribution in [0.1, 0.15) is 12.8 Å². The SMILES string of the molecule is CNC1(COc2cnc(Cl)c(-c3ccc(SC)cc3)c2)CC1.Cl.Cl. The average Bonchev–Trinajstić information content (AvgIpc) is 3.35. The number of pyridine rings is 1. The third-order valence-electron chi connectivity index (χ3n) is 4.11. The number of thioether (sulfide) groups is 1. The van der Waals surface area contributed by atoms with Crippen LogP contribution in [-0.2, 0) is 0 Å². The Morgan fingerprint density at radius 3 is 2.46 bits per heavy atom. The molecule has 0 atom stereocenters. The fourth-order valence-electron chi connectivity index (χ4n) is 2.32. The summed E-state index contributed by atoms with van der Waals surface area (Å²) >= 11 is 7.97. The molecule has 0 bridgehead atoms. The van der Waals surface area contributed by atoms with E-state index in [2.05, 4.69) is 40.8 Å². The van der Waals surface area contributed by atoms with Crippen LogP contribution in [0.2, 0.25) is 5.15 Å². The van der Waals surface area contributed by atoms with Gasteiger partial charge in [-0.2, -0.15) is 0 Å². The monoisotopic (exact) mass is 406 g/mol. The molecule has 1 aliphatic rings. The van der Waals surface area contributed by atoms with Crippen LogP contribution in [0.5, 0.6) is 5.75 Å². The Morgan fingerprint density at radius 2 is 1.92 bits per heavy atom. The van der Waals surface area contributed by atoms with Crippen LogP contribution in [0.25, 0.3) is 11.1 Å². The predicted octanol–water partition coefficient (Wildman–Crippen LogP) is 5.10. The third-order valence-corrected chi connectivity index (χ3v) is 5.16. The predicted molar refractivity (Wildman–Crippen MR) is 107 cm³/mol. The molecule has 1 aromatic heterocycles. The van der Waals surface area contributed by atoms with Crippen molar-refractivity contribution in [3.05, 3.63) is 41.7 Å². The van der Waals surface area contributed by atoms with Crippen LogP contribution < -0.4 is 10.1 Å². The van der Waals surface area contributed by atoms with Gasteiger partial charge in [0.1, 0.15) is 17.5 Å². The lowest BCUT2D eigenvalue weighted by molar-refractivity contribution is 0.259. The van der Waals surface area contributed by atoms with Crippen LogP contribution in [-0.4, -0.2) is 30.4 Å². The van der Waals surface area contributed by atoms with Crippen molar-refractivity contribution >= 4 is 48.2 Å². The van der Waals surface area contributed by atoms with Gasteiger partial charge in [-0.05, 0) is 49.9 Å². The van der Waals surface area contributed by atoms with Gasteiger partial charge in [0.2, 0.25) is 0 Å². The van der Waals surface area contributed by atoms with Crippen molar-refractivity contribution in [1.82, 2.24) is 10.3 Å². The number of hydrogen-bond donors (Lipinski definition) is 1. The molecule has 0 aliphatic heterocycles. The molecule has 0 amide bonds. The summed E-state index contributed by atoms with van der Waals surface area (Å²) in [5, 5.41) is 3.82. The van der Waals surface area contributed by atoms with E-state index in [-0.39, 0.29) is 30.4 Å². The molecule has 7 heteroatoms. The fraction of sp³-hybridized carbons (Fsp3) is 0.353. The van der Waals surface area contributed by atoms with E-state index < -0.39 is 0 Å². The van der Waals surface area contributed by atoms with Crippen molar-refractivity contribution in [2.45, 2.75) is 23.3 Å². The van der Waals surface area contributed by atoms with Gasteiger partial charge in [-0.15, -0.1) is 36.6 Å². The minimum absolute atomic E-state index is 0. The Bertz CT molecular complexity index is 663.